The molecule has 0 atom stereocenters. The van der Waals surface area contributed by atoms with E-state index in [1.165, 1.54) is 0 Å². The Hall–Kier alpha value is -0.610. The van der Waals surface area contributed by atoms with Gasteiger partial charge in [0, 0.05) is 12.6 Å². The Morgan fingerprint density at radius 3 is 2.25 bits per heavy atom. The summed E-state index contributed by atoms with van der Waals surface area (Å²) in [6, 6.07) is 0.447. The van der Waals surface area contributed by atoms with Crippen molar-refractivity contribution in [3.63, 3.8) is 0 Å². The second-order valence-electron chi connectivity index (χ2n) is 4.50. The van der Waals surface area contributed by atoms with Gasteiger partial charge in [0.1, 0.15) is 0 Å². The van der Waals surface area contributed by atoms with Crippen LogP contribution in [0, 0.1) is 0 Å². The summed E-state index contributed by atoms with van der Waals surface area (Å²) in [7, 11) is 0. The van der Waals surface area contributed by atoms with E-state index in [0.29, 0.717) is 12.0 Å². The third-order valence-electron chi connectivity index (χ3n) is 2.62. The minimum Gasteiger partial charge on any atom is -0.391 e. The van der Waals surface area contributed by atoms with E-state index >= 15 is 0 Å². The van der Waals surface area contributed by atoms with Crippen molar-refractivity contribution in [3.8, 4) is 0 Å². The lowest BCUT2D eigenvalue weighted by atomic mass is 10.1. The number of rotatable bonds is 5. The van der Waals surface area contributed by atoms with Crippen LogP contribution >= 0.6 is 11.3 Å². The Morgan fingerprint density at radius 1 is 1.31 bits per heavy atom. The molecule has 0 saturated carbocycles. The van der Waals surface area contributed by atoms with Gasteiger partial charge in [-0.1, -0.05) is 25.2 Å². The number of aliphatic hydroxyl groups is 1. The minimum absolute atomic E-state index is 0.0980. The van der Waals surface area contributed by atoms with Crippen molar-refractivity contribution < 1.29 is 5.11 Å². The van der Waals surface area contributed by atoms with Crippen molar-refractivity contribution in [2.24, 2.45) is 0 Å². The van der Waals surface area contributed by atoms with E-state index in [-0.39, 0.29) is 6.61 Å². The zero-order chi connectivity index (χ0) is 12.3. The van der Waals surface area contributed by atoms with Gasteiger partial charge in [0.15, 0.2) is 5.13 Å². The van der Waals surface area contributed by atoms with Gasteiger partial charge in [0.05, 0.1) is 17.2 Å². The molecule has 0 bridgehead atoms. The fourth-order valence-electron chi connectivity index (χ4n) is 1.76. The molecule has 1 aromatic heterocycles. The molecule has 0 unspecified atom stereocenters. The molecular formula is C12H22N2OS. The maximum atomic E-state index is 9.33. The SMILES string of the molecule is CCN(c1nc(C(C)C)c(CO)s1)C(C)C. The van der Waals surface area contributed by atoms with Gasteiger partial charge in [-0.3, -0.25) is 0 Å². The van der Waals surface area contributed by atoms with Crippen LogP contribution in [0.5, 0.6) is 0 Å². The van der Waals surface area contributed by atoms with Crippen LogP contribution in [0.15, 0.2) is 0 Å². The third kappa shape index (κ3) is 2.74. The molecule has 0 fully saturated rings. The molecule has 16 heavy (non-hydrogen) atoms. The van der Waals surface area contributed by atoms with Crippen molar-refractivity contribution in [1.82, 2.24) is 4.98 Å². The predicted octanol–water partition coefficient (Wildman–Crippen LogP) is 2.99. The summed E-state index contributed by atoms with van der Waals surface area (Å²) in [5, 5.41) is 10.4. The molecule has 1 rings (SSSR count). The van der Waals surface area contributed by atoms with Crippen LogP contribution in [0.2, 0.25) is 0 Å². The van der Waals surface area contributed by atoms with Crippen LogP contribution in [-0.2, 0) is 6.61 Å². The number of thiazole rings is 1. The summed E-state index contributed by atoms with van der Waals surface area (Å²) in [6.45, 7) is 11.7. The highest BCUT2D eigenvalue weighted by molar-refractivity contribution is 7.15. The number of hydrogen-bond acceptors (Lipinski definition) is 4. The summed E-state index contributed by atoms with van der Waals surface area (Å²) in [6.07, 6.45) is 0. The summed E-state index contributed by atoms with van der Waals surface area (Å²) < 4.78 is 0. The maximum absolute atomic E-state index is 9.33. The average Bonchev–Trinajstić information content (AvgIpc) is 2.62. The largest absolute Gasteiger partial charge is 0.391 e. The zero-order valence-corrected chi connectivity index (χ0v) is 11.6. The van der Waals surface area contributed by atoms with Crippen LogP contribution in [0.4, 0.5) is 5.13 Å². The van der Waals surface area contributed by atoms with Crippen LogP contribution in [-0.4, -0.2) is 22.7 Å². The van der Waals surface area contributed by atoms with Gasteiger partial charge in [-0.15, -0.1) is 0 Å². The van der Waals surface area contributed by atoms with Gasteiger partial charge in [-0.2, -0.15) is 0 Å². The number of anilines is 1. The molecule has 3 nitrogen and oxygen atoms in total. The lowest BCUT2D eigenvalue weighted by Crippen LogP contribution is -2.30. The number of aromatic nitrogens is 1. The molecule has 0 spiro atoms. The molecule has 4 heteroatoms. The van der Waals surface area contributed by atoms with E-state index in [0.717, 1.165) is 22.2 Å². The monoisotopic (exact) mass is 242 g/mol. The van der Waals surface area contributed by atoms with Crippen LogP contribution in [0.1, 0.15) is 51.1 Å². The molecule has 0 aromatic carbocycles. The second-order valence-corrected chi connectivity index (χ2v) is 5.56. The number of nitrogens with zero attached hydrogens (tertiary/aromatic N) is 2. The standard InChI is InChI=1S/C12H22N2OS/c1-6-14(9(4)5)12-13-11(8(2)3)10(7-15)16-12/h8-9,15H,6-7H2,1-5H3. The van der Waals surface area contributed by atoms with Crippen molar-refractivity contribution in [3.05, 3.63) is 10.6 Å². The van der Waals surface area contributed by atoms with Crippen LogP contribution in [0.25, 0.3) is 0 Å². The van der Waals surface area contributed by atoms with Gasteiger partial charge in [0.25, 0.3) is 0 Å². The summed E-state index contributed by atoms with van der Waals surface area (Å²) >= 11 is 1.61. The van der Waals surface area contributed by atoms with Crippen molar-refractivity contribution >= 4 is 16.5 Å². The maximum Gasteiger partial charge on any atom is 0.186 e. The predicted molar refractivity (Wildman–Crippen MR) is 70.3 cm³/mol. The first-order chi connectivity index (χ1) is 7.51. The molecular weight excluding hydrogens is 220 g/mol. The van der Waals surface area contributed by atoms with E-state index in [1.807, 2.05) is 0 Å². The smallest absolute Gasteiger partial charge is 0.186 e. The molecule has 0 saturated heterocycles. The Balaban J connectivity index is 3.06. The highest BCUT2D eigenvalue weighted by Crippen LogP contribution is 2.31. The molecule has 1 aromatic rings. The minimum atomic E-state index is 0.0980. The van der Waals surface area contributed by atoms with E-state index in [2.05, 4.69) is 44.5 Å². The van der Waals surface area contributed by atoms with Crippen LogP contribution < -0.4 is 4.90 Å². The summed E-state index contributed by atoms with van der Waals surface area (Å²) in [5.41, 5.74) is 1.04. The lowest BCUT2D eigenvalue weighted by molar-refractivity contribution is 0.283. The van der Waals surface area contributed by atoms with Crippen LogP contribution in [0.3, 0.4) is 0 Å². The molecule has 1 heterocycles. The Kier molecular flexibility index (Phi) is 4.74. The third-order valence-corrected chi connectivity index (χ3v) is 3.71. The highest BCUT2D eigenvalue weighted by Gasteiger charge is 2.18. The topological polar surface area (TPSA) is 36.4 Å². The van der Waals surface area contributed by atoms with Gasteiger partial charge in [-0.05, 0) is 26.7 Å². The molecule has 0 aliphatic carbocycles. The quantitative estimate of drug-likeness (QED) is 0.862. The fraction of sp³-hybridized carbons (Fsp3) is 0.750. The van der Waals surface area contributed by atoms with Crippen molar-refractivity contribution in [2.45, 2.75) is 53.2 Å². The van der Waals surface area contributed by atoms with Crippen molar-refractivity contribution in [1.29, 1.82) is 0 Å². The fourth-order valence-corrected chi connectivity index (χ4v) is 3.03. The molecule has 1 N–H and O–H groups in total. The molecule has 0 amide bonds. The van der Waals surface area contributed by atoms with E-state index in [1.54, 1.807) is 11.3 Å². The zero-order valence-electron chi connectivity index (χ0n) is 10.8. The van der Waals surface area contributed by atoms with Crippen molar-refractivity contribution in [2.75, 3.05) is 11.4 Å². The Bertz CT molecular complexity index is 334. The Labute approximate surface area is 102 Å². The first kappa shape index (κ1) is 13.5. The highest BCUT2D eigenvalue weighted by atomic mass is 32.1. The first-order valence-electron chi connectivity index (χ1n) is 5.88. The lowest BCUT2D eigenvalue weighted by Gasteiger charge is -2.24. The van der Waals surface area contributed by atoms with Gasteiger partial charge in [0.2, 0.25) is 0 Å². The Morgan fingerprint density at radius 2 is 1.94 bits per heavy atom. The average molecular weight is 242 g/mol. The van der Waals surface area contributed by atoms with E-state index in [4.69, 9.17) is 0 Å². The molecule has 92 valence electrons. The van der Waals surface area contributed by atoms with Gasteiger partial charge in [-0.25, -0.2) is 4.98 Å². The normalized spacial score (nSPS) is 11.5. The second kappa shape index (κ2) is 5.64. The van der Waals surface area contributed by atoms with E-state index < -0.39 is 0 Å². The molecule has 0 aliphatic heterocycles. The molecule has 0 aliphatic rings. The summed E-state index contributed by atoms with van der Waals surface area (Å²) in [5.74, 6) is 0.373. The summed E-state index contributed by atoms with van der Waals surface area (Å²) in [4.78, 5) is 7.92. The van der Waals surface area contributed by atoms with E-state index in [9.17, 15) is 5.11 Å². The number of hydrogen-bond donors (Lipinski definition) is 1. The number of aliphatic hydroxyl groups excluding tert-OH is 1. The first-order valence-corrected chi connectivity index (χ1v) is 6.69. The van der Waals surface area contributed by atoms with Gasteiger partial charge < -0.3 is 10.0 Å². The molecule has 0 radical (unpaired) electrons. The van der Waals surface area contributed by atoms with Gasteiger partial charge >= 0.3 is 0 Å².